The van der Waals surface area contributed by atoms with Crippen LogP contribution in [0.15, 0.2) is 4.52 Å². The molecule has 1 saturated carbocycles. The number of hydrogen-bond donors (Lipinski definition) is 0. The molecular formula is C23H37N5O3. The van der Waals surface area contributed by atoms with Gasteiger partial charge in [0.2, 0.25) is 17.7 Å². The molecule has 8 nitrogen and oxygen atoms in total. The van der Waals surface area contributed by atoms with Gasteiger partial charge in [-0.15, -0.1) is 0 Å². The van der Waals surface area contributed by atoms with E-state index in [1.807, 2.05) is 9.80 Å². The summed E-state index contributed by atoms with van der Waals surface area (Å²) in [6, 6.07) is -0.236. The summed E-state index contributed by atoms with van der Waals surface area (Å²) in [4.78, 5) is 37.2. The lowest BCUT2D eigenvalue weighted by Crippen LogP contribution is -2.41. The molecule has 4 rings (SSSR count). The van der Waals surface area contributed by atoms with E-state index in [1.54, 1.807) is 6.92 Å². The highest BCUT2D eigenvalue weighted by Gasteiger charge is 2.37. The van der Waals surface area contributed by atoms with Crippen LogP contribution in [0.1, 0.15) is 76.0 Å². The number of likely N-dealkylation sites (tertiary alicyclic amines) is 1. The molecule has 31 heavy (non-hydrogen) atoms. The van der Waals surface area contributed by atoms with E-state index in [2.05, 4.69) is 22.0 Å². The van der Waals surface area contributed by atoms with E-state index in [4.69, 9.17) is 4.52 Å². The van der Waals surface area contributed by atoms with Crippen LogP contribution in [0.4, 0.5) is 0 Å². The number of rotatable bonds is 5. The quantitative estimate of drug-likeness (QED) is 0.713. The number of carbonyl (C=O) groups is 2. The number of piperidine rings is 1. The second kappa shape index (κ2) is 10.1. The first-order valence-electron chi connectivity index (χ1n) is 12.2. The maximum Gasteiger partial charge on any atom is 0.249 e. The normalized spacial score (nSPS) is 24.5. The molecule has 3 heterocycles. The predicted octanol–water partition coefficient (Wildman–Crippen LogP) is 2.79. The first kappa shape index (κ1) is 22.2. The van der Waals surface area contributed by atoms with Crippen LogP contribution in [0.5, 0.6) is 0 Å². The number of aryl methyl sites for hydroxylation is 1. The Morgan fingerprint density at radius 1 is 1.00 bits per heavy atom. The van der Waals surface area contributed by atoms with Crippen LogP contribution in [-0.4, -0.2) is 75.9 Å². The van der Waals surface area contributed by atoms with E-state index >= 15 is 0 Å². The average Bonchev–Trinajstić information content (AvgIpc) is 3.41. The summed E-state index contributed by atoms with van der Waals surface area (Å²) in [5.41, 5.74) is 0. The van der Waals surface area contributed by atoms with Gasteiger partial charge in [-0.3, -0.25) is 9.59 Å². The largest absolute Gasteiger partial charge is 0.341 e. The van der Waals surface area contributed by atoms with Gasteiger partial charge in [-0.2, -0.15) is 4.98 Å². The molecule has 2 aliphatic heterocycles. The van der Waals surface area contributed by atoms with Crippen molar-refractivity contribution >= 4 is 11.8 Å². The third-order valence-corrected chi connectivity index (χ3v) is 7.45. The zero-order valence-corrected chi connectivity index (χ0v) is 19.1. The highest BCUT2D eigenvalue weighted by atomic mass is 16.5. The number of amides is 2. The van der Waals surface area contributed by atoms with E-state index < -0.39 is 0 Å². The summed E-state index contributed by atoms with van der Waals surface area (Å²) >= 11 is 0. The zero-order valence-electron chi connectivity index (χ0n) is 19.1. The fourth-order valence-corrected chi connectivity index (χ4v) is 5.44. The second-order valence-electron chi connectivity index (χ2n) is 9.46. The highest BCUT2D eigenvalue weighted by Crippen LogP contribution is 2.33. The Hall–Kier alpha value is -1.96. The number of carbonyl (C=O) groups excluding carboxylic acids is 2. The van der Waals surface area contributed by atoms with Crippen LogP contribution in [0, 0.1) is 18.8 Å². The molecule has 172 valence electrons. The van der Waals surface area contributed by atoms with Gasteiger partial charge < -0.3 is 19.2 Å². The third-order valence-electron chi connectivity index (χ3n) is 7.45. The van der Waals surface area contributed by atoms with Gasteiger partial charge in [0.05, 0.1) is 0 Å². The lowest BCUT2D eigenvalue weighted by Gasteiger charge is -2.32. The molecule has 0 bridgehead atoms. The zero-order chi connectivity index (χ0) is 21.8. The molecule has 3 fully saturated rings. The lowest BCUT2D eigenvalue weighted by atomic mass is 9.93. The van der Waals surface area contributed by atoms with Gasteiger partial charge in [0, 0.05) is 32.0 Å². The molecular weight excluding hydrogens is 394 g/mol. The molecule has 1 unspecified atom stereocenters. The summed E-state index contributed by atoms with van der Waals surface area (Å²) in [6.45, 7) is 9.04. The standard InChI is InChI=1S/C23H37N5O3/c1-3-26-11-8-18(9-12-26)16-21(29)27-13-10-20(22-24-17(2)25-31-22)28(15-14-27)23(30)19-6-4-5-7-19/h18-20H,3-16H2,1-2H3. The fourth-order valence-electron chi connectivity index (χ4n) is 5.44. The Bertz CT molecular complexity index is 752. The average molecular weight is 432 g/mol. The van der Waals surface area contributed by atoms with Gasteiger partial charge in [0.1, 0.15) is 6.04 Å². The van der Waals surface area contributed by atoms with Crippen molar-refractivity contribution in [2.45, 2.75) is 71.3 Å². The van der Waals surface area contributed by atoms with Crippen molar-refractivity contribution in [3.8, 4) is 0 Å². The second-order valence-corrected chi connectivity index (χ2v) is 9.46. The van der Waals surface area contributed by atoms with E-state index in [9.17, 15) is 9.59 Å². The molecule has 8 heteroatoms. The van der Waals surface area contributed by atoms with E-state index in [-0.39, 0.29) is 23.8 Å². The van der Waals surface area contributed by atoms with Crippen LogP contribution in [-0.2, 0) is 9.59 Å². The molecule has 0 spiro atoms. The van der Waals surface area contributed by atoms with Crippen molar-refractivity contribution in [3.63, 3.8) is 0 Å². The maximum absolute atomic E-state index is 13.3. The molecule has 0 N–H and O–H groups in total. The first-order chi connectivity index (χ1) is 15.0. The van der Waals surface area contributed by atoms with Crippen LogP contribution in [0.2, 0.25) is 0 Å². The van der Waals surface area contributed by atoms with Gasteiger partial charge >= 0.3 is 0 Å². The third kappa shape index (κ3) is 5.27. The number of aromatic nitrogens is 2. The molecule has 1 aromatic heterocycles. The van der Waals surface area contributed by atoms with Crippen LogP contribution < -0.4 is 0 Å². The van der Waals surface area contributed by atoms with Crippen molar-refractivity contribution in [1.29, 1.82) is 0 Å². The van der Waals surface area contributed by atoms with Crippen molar-refractivity contribution in [1.82, 2.24) is 24.8 Å². The van der Waals surface area contributed by atoms with Crippen molar-refractivity contribution < 1.29 is 14.1 Å². The van der Waals surface area contributed by atoms with Gasteiger partial charge in [-0.05, 0) is 64.6 Å². The highest BCUT2D eigenvalue weighted by molar-refractivity contribution is 5.80. The molecule has 1 atom stereocenters. The summed E-state index contributed by atoms with van der Waals surface area (Å²) in [6.07, 6.45) is 7.64. The molecule has 0 aromatic carbocycles. The van der Waals surface area contributed by atoms with Crippen LogP contribution >= 0.6 is 0 Å². The minimum atomic E-state index is -0.236. The monoisotopic (exact) mass is 431 g/mol. The number of nitrogens with zero attached hydrogens (tertiary/aromatic N) is 5. The Balaban J connectivity index is 1.42. The number of hydrogen-bond acceptors (Lipinski definition) is 6. The van der Waals surface area contributed by atoms with Gasteiger partial charge in [0.15, 0.2) is 5.82 Å². The molecule has 2 amide bonds. The Kier molecular flexibility index (Phi) is 7.25. The maximum atomic E-state index is 13.3. The van der Waals surface area contributed by atoms with Gasteiger partial charge in [-0.1, -0.05) is 24.9 Å². The first-order valence-corrected chi connectivity index (χ1v) is 12.2. The Labute approximate surface area is 185 Å². The molecule has 3 aliphatic rings. The summed E-state index contributed by atoms with van der Waals surface area (Å²) in [5.74, 6) is 2.08. The lowest BCUT2D eigenvalue weighted by molar-refractivity contribution is -0.139. The smallest absolute Gasteiger partial charge is 0.249 e. The van der Waals surface area contributed by atoms with Crippen molar-refractivity contribution in [2.75, 3.05) is 39.3 Å². The summed E-state index contributed by atoms with van der Waals surface area (Å²) < 4.78 is 5.48. The van der Waals surface area contributed by atoms with Crippen LogP contribution in [0.25, 0.3) is 0 Å². The Morgan fingerprint density at radius 3 is 2.39 bits per heavy atom. The van der Waals surface area contributed by atoms with E-state index in [0.29, 0.717) is 50.1 Å². The van der Waals surface area contributed by atoms with Gasteiger partial charge in [-0.25, -0.2) is 0 Å². The van der Waals surface area contributed by atoms with E-state index in [0.717, 1.165) is 58.2 Å². The molecule has 2 saturated heterocycles. The molecule has 1 aliphatic carbocycles. The Morgan fingerprint density at radius 2 is 1.74 bits per heavy atom. The summed E-state index contributed by atoms with van der Waals surface area (Å²) in [7, 11) is 0. The fraction of sp³-hybridized carbons (Fsp3) is 0.826. The minimum absolute atomic E-state index is 0.0949. The SMILES string of the molecule is CCN1CCC(CC(=O)N2CCC(c3nc(C)no3)N(C(=O)C3CCCC3)CC2)CC1. The minimum Gasteiger partial charge on any atom is -0.341 e. The van der Waals surface area contributed by atoms with Crippen molar-refractivity contribution in [3.05, 3.63) is 11.7 Å². The summed E-state index contributed by atoms with van der Waals surface area (Å²) in [5, 5.41) is 3.95. The van der Waals surface area contributed by atoms with Gasteiger partial charge in [0.25, 0.3) is 0 Å². The molecule has 1 aromatic rings. The van der Waals surface area contributed by atoms with Crippen molar-refractivity contribution in [2.24, 2.45) is 11.8 Å². The van der Waals surface area contributed by atoms with Crippen LogP contribution in [0.3, 0.4) is 0 Å². The molecule has 0 radical (unpaired) electrons. The topological polar surface area (TPSA) is 82.8 Å². The van der Waals surface area contributed by atoms with E-state index in [1.165, 1.54) is 0 Å². The predicted molar refractivity (Wildman–Crippen MR) is 116 cm³/mol.